The van der Waals surface area contributed by atoms with Crippen LogP contribution in [0, 0.1) is 6.92 Å². The summed E-state index contributed by atoms with van der Waals surface area (Å²) in [5, 5.41) is 2.87. The van der Waals surface area contributed by atoms with Crippen molar-refractivity contribution >= 4 is 23.3 Å². The van der Waals surface area contributed by atoms with Crippen molar-refractivity contribution in [3.63, 3.8) is 0 Å². The van der Waals surface area contributed by atoms with Gasteiger partial charge in [-0.25, -0.2) is 4.98 Å². The Morgan fingerprint density at radius 2 is 1.93 bits per heavy atom. The summed E-state index contributed by atoms with van der Waals surface area (Å²) in [4.78, 5) is 33.1. The lowest BCUT2D eigenvalue weighted by atomic mass is 10.2. The number of amides is 2. The van der Waals surface area contributed by atoms with E-state index in [0.717, 1.165) is 49.5 Å². The predicted octanol–water partition coefficient (Wildman–Crippen LogP) is 3.09. The molecule has 2 heterocycles. The molecule has 6 nitrogen and oxygen atoms in total. The molecule has 1 N–H and O–H groups in total. The second-order valence-electron chi connectivity index (χ2n) is 6.88. The van der Waals surface area contributed by atoms with E-state index in [2.05, 4.69) is 17.2 Å². The Bertz CT molecular complexity index is 787. The van der Waals surface area contributed by atoms with Gasteiger partial charge in [0, 0.05) is 31.5 Å². The number of aryl methyl sites for hydroxylation is 1. The summed E-state index contributed by atoms with van der Waals surface area (Å²) < 4.78 is 0. The average Bonchev–Trinajstić information content (AvgIpc) is 2.86. The first-order chi connectivity index (χ1) is 13.1. The van der Waals surface area contributed by atoms with Crippen LogP contribution < -0.4 is 10.2 Å². The fourth-order valence-electron chi connectivity index (χ4n) is 3.17. The van der Waals surface area contributed by atoms with Crippen molar-refractivity contribution < 1.29 is 9.59 Å². The van der Waals surface area contributed by atoms with Crippen LogP contribution in [-0.4, -0.2) is 47.9 Å². The van der Waals surface area contributed by atoms with Crippen LogP contribution in [0.3, 0.4) is 0 Å². The third-order valence-corrected chi connectivity index (χ3v) is 4.67. The summed E-state index contributed by atoms with van der Waals surface area (Å²) in [5.74, 6) is 0.671. The maximum Gasteiger partial charge on any atom is 0.257 e. The van der Waals surface area contributed by atoms with Gasteiger partial charge < -0.3 is 15.1 Å². The quantitative estimate of drug-likeness (QED) is 0.883. The Labute approximate surface area is 160 Å². The van der Waals surface area contributed by atoms with Crippen molar-refractivity contribution in [2.75, 3.05) is 36.4 Å². The second kappa shape index (κ2) is 8.66. The van der Waals surface area contributed by atoms with Gasteiger partial charge in [-0.2, -0.15) is 0 Å². The van der Waals surface area contributed by atoms with Crippen LogP contribution in [0.2, 0.25) is 0 Å². The Balaban J connectivity index is 1.65. The smallest absolute Gasteiger partial charge is 0.257 e. The molecule has 6 heteroatoms. The summed E-state index contributed by atoms with van der Waals surface area (Å²) in [6.45, 7) is 6.80. The zero-order valence-corrected chi connectivity index (χ0v) is 15.9. The molecule has 0 spiro atoms. The minimum absolute atomic E-state index is 0.136. The molecule has 142 valence electrons. The molecule has 1 aromatic heterocycles. The molecule has 1 fully saturated rings. The lowest BCUT2D eigenvalue weighted by molar-refractivity contribution is -0.129. The van der Waals surface area contributed by atoms with Crippen molar-refractivity contribution in [2.45, 2.75) is 26.7 Å². The highest BCUT2D eigenvalue weighted by molar-refractivity contribution is 6.04. The molecule has 0 saturated carbocycles. The maximum absolute atomic E-state index is 12.4. The number of hydrogen-bond acceptors (Lipinski definition) is 4. The normalized spacial score (nSPS) is 14.8. The van der Waals surface area contributed by atoms with E-state index in [1.165, 1.54) is 0 Å². The Morgan fingerprint density at radius 1 is 1.15 bits per heavy atom. The molecule has 1 aromatic carbocycles. The number of anilines is 2. The molecule has 1 saturated heterocycles. The van der Waals surface area contributed by atoms with E-state index in [0.29, 0.717) is 12.1 Å². The highest BCUT2D eigenvalue weighted by Crippen LogP contribution is 2.16. The van der Waals surface area contributed by atoms with E-state index in [1.807, 2.05) is 47.1 Å². The molecule has 2 aromatic rings. The highest BCUT2D eigenvalue weighted by atomic mass is 16.2. The largest absolute Gasteiger partial charge is 0.347 e. The van der Waals surface area contributed by atoms with Crippen LogP contribution >= 0.6 is 0 Å². The number of nitrogens with one attached hydrogen (secondary N) is 1. The molecule has 2 amide bonds. The fourth-order valence-corrected chi connectivity index (χ4v) is 3.17. The lowest BCUT2D eigenvalue weighted by Crippen LogP contribution is -2.37. The molecule has 1 aliphatic heterocycles. The first kappa shape index (κ1) is 18.9. The Kier molecular flexibility index (Phi) is 6.06. The monoisotopic (exact) mass is 366 g/mol. The van der Waals surface area contributed by atoms with Crippen molar-refractivity contribution in [2.24, 2.45) is 0 Å². The first-order valence-electron chi connectivity index (χ1n) is 9.43. The van der Waals surface area contributed by atoms with Gasteiger partial charge in [-0.3, -0.25) is 9.59 Å². The van der Waals surface area contributed by atoms with Gasteiger partial charge in [0.15, 0.2) is 0 Å². The van der Waals surface area contributed by atoms with E-state index >= 15 is 0 Å². The van der Waals surface area contributed by atoms with Gasteiger partial charge in [-0.1, -0.05) is 24.6 Å². The number of carbonyl (C=O) groups is 2. The van der Waals surface area contributed by atoms with Crippen LogP contribution in [0.1, 0.15) is 35.7 Å². The number of nitrogens with zero attached hydrogens (tertiary/aromatic N) is 3. The zero-order valence-electron chi connectivity index (χ0n) is 15.9. The molecule has 27 heavy (non-hydrogen) atoms. The molecular formula is C21H26N4O2. The number of rotatable bonds is 5. The van der Waals surface area contributed by atoms with E-state index in [-0.39, 0.29) is 11.8 Å². The Hall–Kier alpha value is -2.89. The van der Waals surface area contributed by atoms with Gasteiger partial charge in [0.2, 0.25) is 5.91 Å². The van der Waals surface area contributed by atoms with Crippen LogP contribution in [-0.2, 0) is 4.79 Å². The van der Waals surface area contributed by atoms with E-state index in [9.17, 15) is 9.59 Å². The third-order valence-electron chi connectivity index (χ3n) is 4.67. The minimum Gasteiger partial charge on any atom is -0.347 e. The van der Waals surface area contributed by atoms with Gasteiger partial charge in [-0.05, 0) is 44.0 Å². The SMILES string of the molecule is CCCN1CCCN(c2ccc(C(=O)Nc3ccc(C)cc3)cn2)CC1=O. The fraction of sp³-hybridized carbons (Fsp3) is 0.381. The van der Waals surface area contributed by atoms with Crippen LogP contribution in [0.4, 0.5) is 11.5 Å². The summed E-state index contributed by atoms with van der Waals surface area (Å²) in [5.41, 5.74) is 2.39. The van der Waals surface area contributed by atoms with Crippen LogP contribution in [0.25, 0.3) is 0 Å². The summed E-state index contributed by atoms with van der Waals surface area (Å²) in [6.07, 6.45) is 3.45. The summed E-state index contributed by atoms with van der Waals surface area (Å²) in [6, 6.07) is 11.2. The molecule has 0 atom stereocenters. The maximum atomic E-state index is 12.4. The molecule has 1 aliphatic rings. The number of aromatic nitrogens is 1. The van der Waals surface area contributed by atoms with Crippen LogP contribution in [0.5, 0.6) is 0 Å². The number of carbonyl (C=O) groups excluding carboxylic acids is 2. The molecule has 3 rings (SSSR count). The summed E-state index contributed by atoms with van der Waals surface area (Å²) in [7, 11) is 0. The van der Waals surface area contributed by atoms with Crippen molar-refractivity contribution in [3.05, 3.63) is 53.7 Å². The lowest BCUT2D eigenvalue weighted by Gasteiger charge is -2.22. The van der Waals surface area contributed by atoms with E-state index < -0.39 is 0 Å². The first-order valence-corrected chi connectivity index (χ1v) is 9.43. The van der Waals surface area contributed by atoms with Crippen molar-refractivity contribution in [1.29, 1.82) is 0 Å². The zero-order chi connectivity index (χ0) is 19.2. The average molecular weight is 366 g/mol. The third kappa shape index (κ3) is 4.84. The number of pyridine rings is 1. The summed E-state index contributed by atoms with van der Waals surface area (Å²) >= 11 is 0. The molecular weight excluding hydrogens is 340 g/mol. The second-order valence-corrected chi connectivity index (χ2v) is 6.88. The van der Waals surface area contributed by atoms with Crippen molar-refractivity contribution in [3.8, 4) is 0 Å². The predicted molar refractivity (Wildman–Crippen MR) is 107 cm³/mol. The van der Waals surface area contributed by atoms with Crippen molar-refractivity contribution in [1.82, 2.24) is 9.88 Å². The van der Waals surface area contributed by atoms with Gasteiger partial charge in [0.1, 0.15) is 5.82 Å². The molecule has 0 bridgehead atoms. The topological polar surface area (TPSA) is 65.5 Å². The van der Waals surface area contributed by atoms with E-state index in [4.69, 9.17) is 0 Å². The number of hydrogen-bond donors (Lipinski definition) is 1. The molecule has 0 aliphatic carbocycles. The minimum atomic E-state index is -0.195. The van der Waals surface area contributed by atoms with Gasteiger partial charge in [-0.15, -0.1) is 0 Å². The number of benzene rings is 1. The van der Waals surface area contributed by atoms with Gasteiger partial charge in [0.25, 0.3) is 5.91 Å². The molecule has 0 radical (unpaired) electrons. The Morgan fingerprint density at radius 3 is 2.59 bits per heavy atom. The molecule has 0 unspecified atom stereocenters. The van der Waals surface area contributed by atoms with Gasteiger partial charge >= 0.3 is 0 Å². The van der Waals surface area contributed by atoms with Gasteiger partial charge in [0.05, 0.1) is 12.1 Å². The standard InChI is InChI=1S/C21H26N4O2/c1-3-11-24-12-4-13-25(15-20(24)26)19-10-7-17(14-22-19)21(27)23-18-8-5-16(2)6-9-18/h5-10,14H,3-4,11-13,15H2,1-2H3,(H,23,27). The highest BCUT2D eigenvalue weighted by Gasteiger charge is 2.22. The van der Waals surface area contributed by atoms with E-state index in [1.54, 1.807) is 12.3 Å². The van der Waals surface area contributed by atoms with Crippen LogP contribution in [0.15, 0.2) is 42.6 Å².